The molecule has 2 N–H and O–H groups in total. The summed E-state index contributed by atoms with van der Waals surface area (Å²) >= 11 is 1.16. The monoisotopic (exact) mass is 490 g/mol. The highest BCUT2D eigenvalue weighted by Gasteiger charge is 2.31. The lowest BCUT2D eigenvalue weighted by Gasteiger charge is -2.12. The number of ether oxygens (including phenoxy) is 2. The van der Waals surface area contributed by atoms with Crippen LogP contribution in [0.2, 0.25) is 0 Å². The second-order valence-electron chi connectivity index (χ2n) is 8.02. The Balaban J connectivity index is 1.23. The lowest BCUT2D eigenvalue weighted by atomic mass is 10.0. The molecule has 2 saturated heterocycles. The van der Waals surface area contributed by atoms with Crippen molar-refractivity contribution in [3.05, 3.63) is 76.2 Å². The zero-order valence-corrected chi connectivity index (χ0v) is 19.6. The van der Waals surface area contributed by atoms with Gasteiger partial charge in [-0.3, -0.25) is 14.9 Å². The number of amidine groups is 1. The zero-order chi connectivity index (χ0) is 24.4. The van der Waals surface area contributed by atoms with Gasteiger partial charge in [0.25, 0.3) is 11.8 Å². The SMILES string of the molecule is CCOC(=O)c1ccc(C2CCC(/C=C3\S/C(=N\N=C4/C(=O)Nc5ccccc54)NC3=O)O2)cc1. The molecule has 2 aromatic carbocycles. The van der Waals surface area contributed by atoms with Crippen molar-refractivity contribution in [3.63, 3.8) is 0 Å². The summed E-state index contributed by atoms with van der Waals surface area (Å²) in [6.07, 6.45) is 3.00. The van der Waals surface area contributed by atoms with Crippen molar-refractivity contribution in [3.8, 4) is 0 Å². The van der Waals surface area contributed by atoms with Crippen LogP contribution in [0.5, 0.6) is 0 Å². The molecular formula is C25H22N4O5S. The van der Waals surface area contributed by atoms with E-state index in [0.29, 0.717) is 33.5 Å². The minimum atomic E-state index is -0.348. The van der Waals surface area contributed by atoms with Gasteiger partial charge in [-0.25, -0.2) is 4.79 Å². The van der Waals surface area contributed by atoms with Gasteiger partial charge in [-0.2, -0.15) is 0 Å². The van der Waals surface area contributed by atoms with Crippen LogP contribution in [0.15, 0.2) is 69.7 Å². The van der Waals surface area contributed by atoms with Crippen LogP contribution < -0.4 is 10.6 Å². The van der Waals surface area contributed by atoms with Crippen molar-refractivity contribution in [1.29, 1.82) is 0 Å². The molecule has 0 aromatic heterocycles. The Morgan fingerprint density at radius 2 is 1.89 bits per heavy atom. The van der Waals surface area contributed by atoms with Gasteiger partial charge >= 0.3 is 5.97 Å². The molecule has 3 aliphatic rings. The number of anilines is 1. The standard InChI is InChI=1S/C25H22N4O5S/c1-2-33-24(32)15-9-7-14(8-10-15)19-12-11-16(34-19)13-20-22(30)27-25(35-20)29-28-21-17-5-3-4-6-18(17)26-23(21)31/h3-10,13,16,19H,2,11-12H2,1H3,(H,26,28,31)(H,27,29,30)/b20-13-. The molecule has 9 nitrogen and oxygen atoms in total. The number of benzene rings is 2. The molecule has 0 spiro atoms. The number of carbonyl (C=O) groups excluding carboxylic acids is 3. The molecule has 35 heavy (non-hydrogen) atoms. The second-order valence-corrected chi connectivity index (χ2v) is 9.05. The van der Waals surface area contributed by atoms with Crippen LogP contribution in [0.1, 0.15) is 47.4 Å². The van der Waals surface area contributed by atoms with Crippen molar-refractivity contribution in [2.75, 3.05) is 11.9 Å². The Labute approximate surface area is 205 Å². The maximum absolute atomic E-state index is 12.4. The Bertz CT molecular complexity index is 1290. The highest BCUT2D eigenvalue weighted by Crippen LogP contribution is 2.35. The lowest BCUT2D eigenvalue weighted by Crippen LogP contribution is -2.20. The van der Waals surface area contributed by atoms with Gasteiger partial charge in [0.05, 0.1) is 35.0 Å². The van der Waals surface area contributed by atoms with E-state index in [1.165, 1.54) is 0 Å². The Morgan fingerprint density at radius 3 is 2.69 bits per heavy atom. The number of thioether (sulfide) groups is 1. The number of nitrogens with zero attached hydrogens (tertiary/aromatic N) is 2. The van der Waals surface area contributed by atoms with Crippen molar-refractivity contribution < 1.29 is 23.9 Å². The van der Waals surface area contributed by atoms with Crippen LogP contribution in [0, 0.1) is 0 Å². The van der Waals surface area contributed by atoms with Crippen LogP contribution in [0.25, 0.3) is 0 Å². The predicted octanol–water partition coefficient (Wildman–Crippen LogP) is 3.54. The van der Waals surface area contributed by atoms with Gasteiger partial charge in [0.15, 0.2) is 10.9 Å². The van der Waals surface area contributed by atoms with Gasteiger partial charge in [0, 0.05) is 5.56 Å². The van der Waals surface area contributed by atoms with Gasteiger partial charge < -0.3 is 14.8 Å². The smallest absolute Gasteiger partial charge is 0.338 e. The molecule has 2 atom stereocenters. The first-order valence-electron chi connectivity index (χ1n) is 11.2. The quantitative estimate of drug-likeness (QED) is 0.376. The van der Waals surface area contributed by atoms with E-state index in [1.54, 1.807) is 37.3 Å². The molecule has 0 aliphatic carbocycles. The maximum atomic E-state index is 12.4. The van der Waals surface area contributed by atoms with E-state index in [0.717, 1.165) is 30.2 Å². The summed E-state index contributed by atoms with van der Waals surface area (Å²) < 4.78 is 11.1. The first kappa shape index (κ1) is 23.0. The van der Waals surface area contributed by atoms with Gasteiger partial charge in [0.1, 0.15) is 0 Å². The second kappa shape index (κ2) is 9.85. The summed E-state index contributed by atoms with van der Waals surface area (Å²) in [6.45, 7) is 2.10. The predicted molar refractivity (Wildman–Crippen MR) is 132 cm³/mol. The van der Waals surface area contributed by atoms with Crippen LogP contribution in [-0.4, -0.2) is 41.4 Å². The average Bonchev–Trinajstić information content (AvgIpc) is 3.55. The molecule has 2 fully saturated rings. The minimum absolute atomic E-state index is 0.122. The van der Waals surface area contributed by atoms with Crippen LogP contribution >= 0.6 is 11.8 Å². The van der Waals surface area contributed by atoms with Crippen LogP contribution in [0.3, 0.4) is 0 Å². The normalized spacial score (nSPS) is 24.7. The number of esters is 1. The molecule has 0 radical (unpaired) electrons. The lowest BCUT2D eigenvalue weighted by molar-refractivity contribution is -0.115. The third kappa shape index (κ3) is 4.89. The highest BCUT2D eigenvalue weighted by atomic mass is 32.2. The first-order valence-corrected chi connectivity index (χ1v) is 12.0. The third-order valence-electron chi connectivity index (χ3n) is 5.72. The van der Waals surface area contributed by atoms with Gasteiger partial charge in [-0.15, -0.1) is 10.2 Å². The van der Waals surface area contributed by atoms with Crippen molar-refractivity contribution in [2.45, 2.75) is 32.0 Å². The summed E-state index contributed by atoms with van der Waals surface area (Å²) in [5, 5.41) is 13.9. The fourth-order valence-corrected chi connectivity index (χ4v) is 4.83. The highest BCUT2D eigenvalue weighted by molar-refractivity contribution is 8.18. The van der Waals surface area contributed by atoms with E-state index in [2.05, 4.69) is 20.8 Å². The Morgan fingerprint density at radius 1 is 1.09 bits per heavy atom. The van der Waals surface area contributed by atoms with Crippen molar-refractivity contribution >= 4 is 46.1 Å². The molecule has 0 saturated carbocycles. The van der Waals surface area contributed by atoms with Crippen LogP contribution in [-0.2, 0) is 19.1 Å². The number of amides is 2. The van der Waals surface area contributed by atoms with Crippen molar-refractivity contribution in [1.82, 2.24) is 5.32 Å². The van der Waals surface area contributed by atoms with Crippen molar-refractivity contribution in [2.24, 2.45) is 10.2 Å². The first-order chi connectivity index (χ1) is 17.0. The Hall–Kier alpha value is -3.76. The summed E-state index contributed by atoms with van der Waals surface area (Å²) in [6, 6.07) is 14.4. The van der Waals surface area contributed by atoms with Crippen LogP contribution in [0.4, 0.5) is 5.69 Å². The molecular weight excluding hydrogens is 468 g/mol. The molecule has 10 heteroatoms. The number of carbonyl (C=O) groups is 3. The number of hydrogen-bond donors (Lipinski definition) is 2. The van der Waals surface area contributed by atoms with E-state index in [-0.39, 0.29) is 35.7 Å². The molecule has 3 aliphatic heterocycles. The number of para-hydroxylation sites is 1. The molecule has 5 rings (SSSR count). The largest absolute Gasteiger partial charge is 0.462 e. The minimum Gasteiger partial charge on any atom is -0.462 e. The van der Waals surface area contributed by atoms with E-state index < -0.39 is 0 Å². The van der Waals surface area contributed by atoms with Gasteiger partial charge in [0.2, 0.25) is 0 Å². The molecule has 178 valence electrons. The summed E-state index contributed by atoms with van der Waals surface area (Å²) in [7, 11) is 0. The van der Waals surface area contributed by atoms with E-state index >= 15 is 0 Å². The fourth-order valence-electron chi connectivity index (χ4n) is 4.03. The number of fused-ring (bicyclic) bond motifs is 1. The molecule has 0 bridgehead atoms. The Kier molecular flexibility index (Phi) is 6.47. The molecule has 3 heterocycles. The number of nitrogens with one attached hydrogen (secondary N) is 2. The van der Waals surface area contributed by atoms with Gasteiger partial charge in [-0.05, 0) is 61.4 Å². The maximum Gasteiger partial charge on any atom is 0.338 e. The van der Waals surface area contributed by atoms with E-state index in [1.807, 2.05) is 24.3 Å². The summed E-state index contributed by atoms with van der Waals surface area (Å²) in [5.41, 5.74) is 3.03. The number of hydrogen-bond acceptors (Lipinski definition) is 8. The van der Waals surface area contributed by atoms with E-state index in [9.17, 15) is 14.4 Å². The summed E-state index contributed by atoms with van der Waals surface area (Å²) in [4.78, 5) is 36.9. The zero-order valence-electron chi connectivity index (χ0n) is 18.8. The fraction of sp³-hybridized carbons (Fsp3) is 0.240. The summed E-state index contributed by atoms with van der Waals surface area (Å²) in [5.74, 6) is -0.962. The molecule has 2 aromatic rings. The number of rotatable bonds is 5. The molecule has 2 unspecified atom stereocenters. The van der Waals surface area contributed by atoms with E-state index in [4.69, 9.17) is 9.47 Å². The molecule has 2 amide bonds. The van der Waals surface area contributed by atoms with Gasteiger partial charge in [-0.1, -0.05) is 30.3 Å². The topological polar surface area (TPSA) is 118 Å². The average molecular weight is 491 g/mol. The third-order valence-corrected chi connectivity index (χ3v) is 6.64.